The molecule has 0 heterocycles. The van der Waals surface area contributed by atoms with Crippen molar-refractivity contribution in [2.75, 3.05) is 6.61 Å². The van der Waals surface area contributed by atoms with E-state index in [9.17, 15) is 0 Å². The molecule has 1 heteroatoms. The van der Waals surface area contributed by atoms with E-state index in [0.717, 1.165) is 13.0 Å². The van der Waals surface area contributed by atoms with Crippen molar-refractivity contribution in [3.63, 3.8) is 0 Å². The Morgan fingerprint density at radius 3 is 2.58 bits per heavy atom. The smallest absolute Gasteiger partial charge is 0.0575 e. The van der Waals surface area contributed by atoms with E-state index < -0.39 is 0 Å². The van der Waals surface area contributed by atoms with Crippen LogP contribution in [0.4, 0.5) is 0 Å². The molecule has 1 saturated carbocycles. The summed E-state index contributed by atoms with van der Waals surface area (Å²) in [4.78, 5) is 0. The van der Waals surface area contributed by atoms with E-state index in [-0.39, 0.29) is 0 Å². The van der Waals surface area contributed by atoms with E-state index in [1.54, 1.807) is 0 Å². The van der Waals surface area contributed by atoms with Gasteiger partial charge in [-0.25, -0.2) is 0 Å². The molecule has 0 unspecified atom stereocenters. The van der Waals surface area contributed by atoms with Crippen LogP contribution in [0.15, 0.2) is 12.2 Å². The van der Waals surface area contributed by atoms with Gasteiger partial charge in [0.25, 0.3) is 0 Å². The first kappa shape index (κ1) is 9.79. The Morgan fingerprint density at radius 2 is 2.00 bits per heavy atom. The van der Waals surface area contributed by atoms with E-state index in [4.69, 9.17) is 4.74 Å². The molecule has 1 nitrogen and oxygen atoms in total. The van der Waals surface area contributed by atoms with E-state index >= 15 is 0 Å². The van der Waals surface area contributed by atoms with E-state index in [2.05, 4.69) is 13.5 Å². The summed E-state index contributed by atoms with van der Waals surface area (Å²) in [5.41, 5.74) is 1.23. The minimum absolute atomic E-state index is 0.554. The maximum Gasteiger partial charge on any atom is 0.0575 e. The first-order chi connectivity index (χ1) is 5.79. The molecule has 0 aromatic heterocycles. The third kappa shape index (κ3) is 3.91. The lowest BCUT2D eigenvalue weighted by Crippen LogP contribution is -2.17. The summed E-state index contributed by atoms with van der Waals surface area (Å²) in [6.07, 6.45) is 8.25. The Labute approximate surface area is 75.8 Å². The molecule has 12 heavy (non-hydrogen) atoms. The van der Waals surface area contributed by atoms with Crippen LogP contribution in [0.5, 0.6) is 0 Å². The van der Waals surface area contributed by atoms with Gasteiger partial charge in [-0.1, -0.05) is 24.8 Å². The minimum Gasteiger partial charge on any atom is -0.378 e. The lowest BCUT2D eigenvalue weighted by Gasteiger charge is -2.21. The highest BCUT2D eigenvalue weighted by molar-refractivity contribution is 4.87. The second kappa shape index (κ2) is 5.36. The number of rotatable bonds is 4. The zero-order valence-electron chi connectivity index (χ0n) is 8.14. The lowest BCUT2D eigenvalue weighted by molar-refractivity contribution is 0.0304. The SMILES string of the molecule is C=C(C)CCOC1CCCCC1. The predicted molar refractivity (Wildman–Crippen MR) is 52.3 cm³/mol. The minimum atomic E-state index is 0.554. The molecule has 1 fully saturated rings. The van der Waals surface area contributed by atoms with Gasteiger partial charge in [0.2, 0.25) is 0 Å². The molecule has 0 radical (unpaired) electrons. The summed E-state index contributed by atoms with van der Waals surface area (Å²) in [7, 11) is 0. The summed E-state index contributed by atoms with van der Waals surface area (Å²) >= 11 is 0. The average molecular weight is 168 g/mol. The van der Waals surface area contributed by atoms with Crippen LogP contribution in [0, 0.1) is 0 Å². The van der Waals surface area contributed by atoms with Gasteiger partial charge in [-0.15, -0.1) is 6.58 Å². The first-order valence-electron chi connectivity index (χ1n) is 5.05. The molecule has 0 aliphatic heterocycles. The summed E-state index contributed by atoms with van der Waals surface area (Å²) < 4.78 is 5.73. The second-order valence-electron chi connectivity index (χ2n) is 3.84. The van der Waals surface area contributed by atoms with Crippen molar-refractivity contribution in [1.82, 2.24) is 0 Å². The monoisotopic (exact) mass is 168 g/mol. The van der Waals surface area contributed by atoms with Crippen molar-refractivity contribution in [3.05, 3.63) is 12.2 Å². The highest BCUT2D eigenvalue weighted by atomic mass is 16.5. The normalized spacial score (nSPS) is 19.4. The molecular formula is C11H20O. The van der Waals surface area contributed by atoms with Crippen molar-refractivity contribution in [1.29, 1.82) is 0 Å². The molecule has 0 aromatic carbocycles. The van der Waals surface area contributed by atoms with Crippen LogP contribution in [-0.2, 0) is 4.74 Å². The molecule has 1 aliphatic rings. The standard InChI is InChI=1S/C11H20O/c1-10(2)8-9-12-11-6-4-3-5-7-11/h11H,1,3-9H2,2H3. The van der Waals surface area contributed by atoms with Gasteiger partial charge in [-0.05, 0) is 26.2 Å². The van der Waals surface area contributed by atoms with Gasteiger partial charge in [0.1, 0.15) is 0 Å². The van der Waals surface area contributed by atoms with Gasteiger partial charge in [-0.2, -0.15) is 0 Å². The third-order valence-electron chi connectivity index (χ3n) is 2.43. The van der Waals surface area contributed by atoms with Crippen molar-refractivity contribution < 1.29 is 4.74 Å². The number of ether oxygens (including phenoxy) is 1. The first-order valence-corrected chi connectivity index (χ1v) is 5.05. The van der Waals surface area contributed by atoms with E-state index in [0.29, 0.717) is 6.10 Å². The van der Waals surface area contributed by atoms with Gasteiger partial charge >= 0.3 is 0 Å². The molecule has 1 aliphatic carbocycles. The van der Waals surface area contributed by atoms with Crippen LogP contribution < -0.4 is 0 Å². The largest absolute Gasteiger partial charge is 0.378 e. The van der Waals surface area contributed by atoms with Crippen molar-refractivity contribution in [2.45, 2.75) is 51.6 Å². The summed E-state index contributed by atoms with van der Waals surface area (Å²) in [6, 6.07) is 0. The topological polar surface area (TPSA) is 9.23 Å². The highest BCUT2D eigenvalue weighted by Gasteiger charge is 2.12. The quantitative estimate of drug-likeness (QED) is 0.585. The Hall–Kier alpha value is -0.300. The van der Waals surface area contributed by atoms with Crippen molar-refractivity contribution in [3.8, 4) is 0 Å². The molecule has 0 N–H and O–H groups in total. The van der Waals surface area contributed by atoms with E-state index in [1.807, 2.05) is 0 Å². The molecule has 0 amide bonds. The van der Waals surface area contributed by atoms with Gasteiger partial charge in [-0.3, -0.25) is 0 Å². The molecule has 0 bridgehead atoms. The summed E-state index contributed by atoms with van der Waals surface area (Å²) in [5.74, 6) is 0. The third-order valence-corrected chi connectivity index (χ3v) is 2.43. The molecule has 0 atom stereocenters. The molecule has 1 rings (SSSR count). The summed E-state index contributed by atoms with van der Waals surface area (Å²) in [5, 5.41) is 0. The Bertz CT molecular complexity index is 134. The molecule has 0 spiro atoms. The summed E-state index contributed by atoms with van der Waals surface area (Å²) in [6.45, 7) is 6.79. The zero-order chi connectivity index (χ0) is 8.81. The molecule has 70 valence electrons. The molecule has 0 saturated heterocycles. The lowest BCUT2D eigenvalue weighted by atomic mass is 9.98. The Morgan fingerprint density at radius 1 is 1.33 bits per heavy atom. The van der Waals surface area contributed by atoms with Gasteiger partial charge < -0.3 is 4.74 Å². The van der Waals surface area contributed by atoms with Crippen molar-refractivity contribution in [2.24, 2.45) is 0 Å². The number of hydrogen-bond acceptors (Lipinski definition) is 1. The van der Waals surface area contributed by atoms with Crippen LogP contribution in [0.1, 0.15) is 45.4 Å². The van der Waals surface area contributed by atoms with E-state index in [1.165, 1.54) is 37.7 Å². The average Bonchev–Trinajstić information content (AvgIpc) is 2.05. The van der Waals surface area contributed by atoms with Crippen LogP contribution in [0.3, 0.4) is 0 Å². The maximum atomic E-state index is 5.73. The van der Waals surface area contributed by atoms with Crippen LogP contribution in [-0.4, -0.2) is 12.7 Å². The van der Waals surface area contributed by atoms with Gasteiger partial charge in [0.05, 0.1) is 12.7 Å². The van der Waals surface area contributed by atoms with Gasteiger partial charge in [0.15, 0.2) is 0 Å². The van der Waals surface area contributed by atoms with Crippen LogP contribution >= 0.6 is 0 Å². The fraction of sp³-hybridized carbons (Fsp3) is 0.818. The fourth-order valence-electron chi connectivity index (χ4n) is 1.63. The van der Waals surface area contributed by atoms with Gasteiger partial charge in [0, 0.05) is 0 Å². The zero-order valence-corrected chi connectivity index (χ0v) is 8.14. The van der Waals surface area contributed by atoms with Crippen molar-refractivity contribution >= 4 is 0 Å². The molecule has 0 aromatic rings. The maximum absolute atomic E-state index is 5.73. The fourth-order valence-corrected chi connectivity index (χ4v) is 1.63. The molecular weight excluding hydrogens is 148 g/mol. The Kier molecular flexibility index (Phi) is 4.37. The number of hydrogen-bond donors (Lipinski definition) is 0. The van der Waals surface area contributed by atoms with Crippen LogP contribution in [0.25, 0.3) is 0 Å². The second-order valence-corrected chi connectivity index (χ2v) is 3.84. The highest BCUT2D eigenvalue weighted by Crippen LogP contribution is 2.20. The predicted octanol–water partition coefficient (Wildman–Crippen LogP) is 3.30. The van der Waals surface area contributed by atoms with Crippen LogP contribution in [0.2, 0.25) is 0 Å². The Balaban J connectivity index is 2.01.